The fourth-order valence-corrected chi connectivity index (χ4v) is 8.27. The second-order valence-electron chi connectivity index (χ2n) is 11.9. The molecule has 1 aromatic carbocycles. The zero-order valence-corrected chi connectivity index (χ0v) is 21.9. The Kier molecular flexibility index (Phi) is 6.46. The molecule has 4 aliphatic rings. The average molecular weight is 491 g/mol. The van der Waals surface area contributed by atoms with Gasteiger partial charge >= 0.3 is 11.9 Å². The summed E-state index contributed by atoms with van der Waals surface area (Å²) in [6, 6.07) is 9.12. The zero-order valence-electron chi connectivity index (χ0n) is 21.9. The Bertz CT molecular complexity index is 1100. The number of carbonyl (C=O) groups is 3. The Balaban J connectivity index is 1.50. The van der Waals surface area contributed by atoms with Crippen LogP contribution in [0.5, 0.6) is 0 Å². The molecule has 3 saturated carbocycles. The van der Waals surface area contributed by atoms with Crippen molar-refractivity contribution in [2.24, 2.45) is 34.5 Å². The number of benzene rings is 1. The molecule has 1 aromatic rings. The molecule has 0 bridgehead atoms. The van der Waals surface area contributed by atoms with Crippen molar-refractivity contribution >= 4 is 18.2 Å². The second kappa shape index (κ2) is 9.32. The lowest BCUT2D eigenvalue weighted by atomic mass is 9.49. The third kappa shape index (κ3) is 3.95. The van der Waals surface area contributed by atoms with Crippen LogP contribution in [0.2, 0.25) is 0 Å². The summed E-state index contributed by atoms with van der Waals surface area (Å²) in [6.45, 7) is 8.15. The van der Waals surface area contributed by atoms with E-state index in [4.69, 9.17) is 9.47 Å². The molecular weight excluding hydrogens is 452 g/mol. The third-order valence-corrected chi connectivity index (χ3v) is 10.1. The maximum absolute atomic E-state index is 13.2. The van der Waals surface area contributed by atoms with E-state index in [-0.39, 0.29) is 40.7 Å². The van der Waals surface area contributed by atoms with Gasteiger partial charge in [-0.1, -0.05) is 62.3 Å². The van der Waals surface area contributed by atoms with E-state index in [9.17, 15) is 14.4 Å². The SMILES string of the molecule is CC(=O)OC1CC2=CC=C3[C@@H]4CC[C@H](C(C)C=O)[C@@]4(C)CC[C@@H]3[C@@]2(C)C(OC(=O)c2ccccc2)C1. The van der Waals surface area contributed by atoms with Gasteiger partial charge < -0.3 is 14.3 Å². The van der Waals surface area contributed by atoms with Gasteiger partial charge in [0.05, 0.1) is 5.56 Å². The molecule has 36 heavy (non-hydrogen) atoms. The molecule has 4 aliphatic carbocycles. The van der Waals surface area contributed by atoms with Crippen LogP contribution < -0.4 is 0 Å². The summed E-state index contributed by atoms with van der Waals surface area (Å²) in [6.07, 6.45) is 10.4. The molecule has 5 nitrogen and oxygen atoms in total. The molecule has 0 amide bonds. The average Bonchev–Trinajstić information content (AvgIpc) is 3.21. The van der Waals surface area contributed by atoms with Crippen LogP contribution in [-0.2, 0) is 19.1 Å². The lowest BCUT2D eigenvalue weighted by molar-refractivity contribution is -0.151. The Morgan fingerprint density at radius 1 is 1.03 bits per heavy atom. The number of fused-ring (bicyclic) bond motifs is 5. The Morgan fingerprint density at radius 2 is 1.78 bits per heavy atom. The highest BCUT2D eigenvalue weighted by Gasteiger charge is 2.60. The Labute approximate surface area is 214 Å². The minimum absolute atomic E-state index is 0.0705. The first-order valence-electron chi connectivity index (χ1n) is 13.5. The normalized spacial score (nSPS) is 37.8. The third-order valence-electron chi connectivity index (χ3n) is 10.1. The molecule has 192 valence electrons. The molecule has 0 aliphatic heterocycles. The highest BCUT2D eigenvalue weighted by atomic mass is 16.6. The van der Waals surface area contributed by atoms with Crippen molar-refractivity contribution in [3.05, 3.63) is 59.2 Å². The number of ether oxygens (including phenoxy) is 2. The maximum Gasteiger partial charge on any atom is 0.338 e. The fourth-order valence-electron chi connectivity index (χ4n) is 8.27. The lowest BCUT2D eigenvalue weighted by Crippen LogP contribution is -2.54. The van der Waals surface area contributed by atoms with Gasteiger partial charge in [-0.15, -0.1) is 0 Å². The molecular formula is C31H38O5. The van der Waals surface area contributed by atoms with Gasteiger partial charge in [-0.3, -0.25) is 4.79 Å². The Hall–Kier alpha value is -2.69. The van der Waals surface area contributed by atoms with Gasteiger partial charge in [0.15, 0.2) is 0 Å². The van der Waals surface area contributed by atoms with E-state index in [0.29, 0.717) is 30.2 Å². The van der Waals surface area contributed by atoms with E-state index in [1.807, 2.05) is 18.2 Å². The van der Waals surface area contributed by atoms with E-state index in [1.54, 1.807) is 12.1 Å². The summed E-state index contributed by atoms with van der Waals surface area (Å²) in [7, 11) is 0. The van der Waals surface area contributed by atoms with Gasteiger partial charge in [0, 0.05) is 31.1 Å². The summed E-state index contributed by atoms with van der Waals surface area (Å²) in [5.74, 6) is 0.552. The molecule has 3 unspecified atom stereocenters. The number of hydrogen-bond donors (Lipinski definition) is 0. The molecule has 0 N–H and O–H groups in total. The van der Waals surface area contributed by atoms with E-state index in [2.05, 4.69) is 32.9 Å². The van der Waals surface area contributed by atoms with Gasteiger partial charge in [0.2, 0.25) is 0 Å². The minimum Gasteiger partial charge on any atom is -0.462 e. The van der Waals surface area contributed by atoms with Crippen LogP contribution >= 0.6 is 0 Å². The lowest BCUT2D eigenvalue weighted by Gasteiger charge is -2.57. The number of rotatable bonds is 5. The first-order valence-corrected chi connectivity index (χ1v) is 13.5. The van der Waals surface area contributed by atoms with E-state index in [1.165, 1.54) is 18.1 Å². The molecule has 0 aromatic heterocycles. The quantitative estimate of drug-likeness (QED) is 0.369. The van der Waals surface area contributed by atoms with E-state index < -0.39 is 6.10 Å². The van der Waals surface area contributed by atoms with Crippen LogP contribution in [0.15, 0.2) is 53.6 Å². The van der Waals surface area contributed by atoms with Gasteiger partial charge in [0.1, 0.15) is 18.5 Å². The maximum atomic E-state index is 13.2. The van der Waals surface area contributed by atoms with Crippen molar-refractivity contribution in [2.45, 2.75) is 78.4 Å². The summed E-state index contributed by atoms with van der Waals surface area (Å²) >= 11 is 0. The number of esters is 2. The molecule has 5 heteroatoms. The van der Waals surface area contributed by atoms with Crippen molar-refractivity contribution in [2.75, 3.05) is 0 Å². The number of carbonyl (C=O) groups excluding carboxylic acids is 3. The molecule has 0 heterocycles. The first-order chi connectivity index (χ1) is 17.2. The van der Waals surface area contributed by atoms with Crippen LogP contribution in [0.4, 0.5) is 0 Å². The van der Waals surface area contributed by atoms with Crippen molar-refractivity contribution in [3.63, 3.8) is 0 Å². The van der Waals surface area contributed by atoms with Crippen molar-refractivity contribution in [3.8, 4) is 0 Å². The number of aldehydes is 1. The van der Waals surface area contributed by atoms with E-state index in [0.717, 1.165) is 32.0 Å². The van der Waals surface area contributed by atoms with Gasteiger partial charge in [-0.2, -0.15) is 0 Å². The topological polar surface area (TPSA) is 69.7 Å². The predicted molar refractivity (Wildman–Crippen MR) is 137 cm³/mol. The van der Waals surface area contributed by atoms with Crippen LogP contribution in [-0.4, -0.2) is 30.4 Å². The van der Waals surface area contributed by atoms with Crippen LogP contribution in [0.3, 0.4) is 0 Å². The van der Waals surface area contributed by atoms with Crippen molar-refractivity contribution in [1.29, 1.82) is 0 Å². The zero-order chi connectivity index (χ0) is 25.7. The molecule has 0 saturated heterocycles. The molecule has 5 rings (SSSR count). The van der Waals surface area contributed by atoms with Crippen molar-refractivity contribution < 1.29 is 23.9 Å². The van der Waals surface area contributed by atoms with Gasteiger partial charge in [-0.05, 0) is 61.0 Å². The smallest absolute Gasteiger partial charge is 0.338 e. The molecule has 0 radical (unpaired) electrons. The van der Waals surface area contributed by atoms with Gasteiger partial charge in [0.25, 0.3) is 0 Å². The standard InChI is InChI=1S/C31H38O5/c1-19(18-32)25-12-13-26-24-11-10-22-16-23(35-20(2)33)17-28(36-29(34)21-8-6-5-7-9-21)31(22,4)27(24)14-15-30(25,26)3/h5-11,18-19,23,25-28H,12-17H2,1-4H3/t19?,23?,25-,26+,27+,28?,30-,31+/m1/s1. The first kappa shape index (κ1) is 25.0. The summed E-state index contributed by atoms with van der Waals surface area (Å²) in [5, 5.41) is 0. The van der Waals surface area contributed by atoms with Crippen LogP contribution in [0.25, 0.3) is 0 Å². The Morgan fingerprint density at radius 3 is 2.47 bits per heavy atom. The molecule has 0 spiro atoms. The number of hydrogen-bond acceptors (Lipinski definition) is 5. The van der Waals surface area contributed by atoms with Crippen molar-refractivity contribution in [1.82, 2.24) is 0 Å². The summed E-state index contributed by atoms with van der Waals surface area (Å²) < 4.78 is 11.9. The van der Waals surface area contributed by atoms with Crippen LogP contribution in [0, 0.1) is 34.5 Å². The summed E-state index contributed by atoms with van der Waals surface area (Å²) in [4.78, 5) is 36.7. The van der Waals surface area contributed by atoms with E-state index >= 15 is 0 Å². The molecule has 3 fully saturated rings. The molecule has 8 atom stereocenters. The fraction of sp³-hybridized carbons (Fsp3) is 0.581. The highest BCUT2D eigenvalue weighted by Crippen LogP contribution is 2.66. The number of allylic oxidation sites excluding steroid dienone is 3. The van der Waals surface area contributed by atoms with Gasteiger partial charge in [-0.25, -0.2) is 4.79 Å². The predicted octanol–water partition coefficient (Wildman–Crippen LogP) is 6.09. The highest BCUT2D eigenvalue weighted by molar-refractivity contribution is 5.89. The monoisotopic (exact) mass is 490 g/mol. The summed E-state index contributed by atoms with van der Waals surface area (Å²) in [5.41, 5.74) is 2.97. The minimum atomic E-state index is -0.390. The van der Waals surface area contributed by atoms with Crippen LogP contribution in [0.1, 0.15) is 76.6 Å². The second-order valence-corrected chi connectivity index (χ2v) is 11.9. The largest absolute Gasteiger partial charge is 0.462 e.